The zero-order valence-electron chi connectivity index (χ0n) is 14.2. The van der Waals surface area contributed by atoms with Crippen LogP contribution in [-0.2, 0) is 17.8 Å². The molecule has 6 heteroatoms. The number of unbranched alkanes of at least 4 members (excludes halogenated alkanes) is 1. The Morgan fingerprint density at radius 1 is 1.33 bits per heavy atom. The van der Waals surface area contributed by atoms with Gasteiger partial charge in [0.1, 0.15) is 12.6 Å². The lowest BCUT2D eigenvalue weighted by Crippen LogP contribution is -2.04. The molecule has 0 aliphatic rings. The van der Waals surface area contributed by atoms with Crippen LogP contribution < -0.4 is 5.73 Å². The molecule has 24 heavy (non-hydrogen) atoms. The van der Waals surface area contributed by atoms with E-state index < -0.39 is 0 Å². The number of fused-ring (bicyclic) bond motifs is 3. The molecule has 2 aromatic heterocycles. The summed E-state index contributed by atoms with van der Waals surface area (Å²) in [4.78, 5) is 9.22. The molecule has 3 rings (SSSR count). The Morgan fingerprint density at radius 3 is 2.96 bits per heavy atom. The van der Waals surface area contributed by atoms with E-state index in [2.05, 4.69) is 27.8 Å². The van der Waals surface area contributed by atoms with Crippen LogP contribution in [0.25, 0.3) is 21.8 Å². The third kappa shape index (κ3) is 3.04. The summed E-state index contributed by atoms with van der Waals surface area (Å²) in [5.41, 5.74) is 9.12. The number of pyridine rings is 1. The quantitative estimate of drug-likeness (QED) is 0.409. The molecule has 0 aliphatic heterocycles. The Bertz CT molecular complexity index is 869. The Balaban J connectivity index is 2.09. The van der Waals surface area contributed by atoms with Crippen LogP contribution in [0.5, 0.6) is 0 Å². The van der Waals surface area contributed by atoms with E-state index in [1.54, 1.807) is 13.3 Å². The number of aromatic nitrogens is 3. The van der Waals surface area contributed by atoms with Crippen LogP contribution in [0.3, 0.4) is 0 Å². The second-order valence-electron chi connectivity index (χ2n) is 5.77. The molecule has 0 radical (unpaired) electrons. The predicted octanol–water partition coefficient (Wildman–Crippen LogP) is 3.53. The number of anilines is 1. The van der Waals surface area contributed by atoms with Gasteiger partial charge in [-0.1, -0.05) is 30.3 Å². The number of para-hydroxylation sites is 1. The Hall–Kier alpha value is -2.63. The largest absolute Gasteiger partial charge is 0.399 e. The lowest BCUT2D eigenvalue weighted by Gasteiger charge is -2.07. The highest BCUT2D eigenvalue weighted by molar-refractivity contribution is 6.09. The lowest BCUT2D eigenvalue weighted by molar-refractivity contribution is 0.214. The molecule has 3 aromatic rings. The lowest BCUT2D eigenvalue weighted by atomic mass is 10.1. The summed E-state index contributed by atoms with van der Waals surface area (Å²) < 4.78 is 2.09. The highest BCUT2D eigenvalue weighted by Gasteiger charge is 2.16. The average Bonchev–Trinajstić information content (AvgIpc) is 2.95. The van der Waals surface area contributed by atoms with Crippen LogP contribution in [0.2, 0.25) is 0 Å². The SMILES string of the molecule is CCCn1nc2c(N)nc3ccccc3c2c1CCC/C=N/OC. The van der Waals surface area contributed by atoms with Gasteiger partial charge in [0.05, 0.1) is 5.52 Å². The van der Waals surface area contributed by atoms with E-state index >= 15 is 0 Å². The highest BCUT2D eigenvalue weighted by atomic mass is 16.6. The van der Waals surface area contributed by atoms with E-state index in [0.717, 1.165) is 54.0 Å². The number of hydrogen-bond donors (Lipinski definition) is 1. The molecule has 2 heterocycles. The molecule has 0 aliphatic carbocycles. The van der Waals surface area contributed by atoms with Crippen molar-refractivity contribution in [2.45, 2.75) is 39.2 Å². The molecule has 126 valence electrons. The Morgan fingerprint density at radius 2 is 2.17 bits per heavy atom. The fraction of sp³-hybridized carbons (Fsp3) is 0.389. The van der Waals surface area contributed by atoms with Crippen molar-refractivity contribution >= 4 is 33.8 Å². The number of nitrogens with two attached hydrogens (primary N) is 1. The molecule has 0 fully saturated rings. The maximum atomic E-state index is 6.17. The summed E-state index contributed by atoms with van der Waals surface area (Å²) >= 11 is 0. The van der Waals surface area contributed by atoms with Crippen molar-refractivity contribution in [2.75, 3.05) is 12.8 Å². The van der Waals surface area contributed by atoms with Crippen LogP contribution in [-0.4, -0.2) is 28.1 Å². The number of aryl methyl sites for hydroxylation is 2. The maximum absolute atomic E-state index is 6.17. The van der Waals surface area contributed by atoms with Gasteiger partial charge in [-0.3, -0.25) is 4.68 Å². The smallest absolute Gasteiger partial charge is 0.152 e. The van der Waals surface area contributed by atoms with E-state index in [0.29, 0.717) is 5.82 Å². The van der Waals surface area contributed by atoms with Gasteiger partial charge in [-0.25, -0.2) is 4.98 Å². The molecule has 0 saturated carbocycles. The monoisotopic (exact) mass is 325 g/mol. The van der Waals surface area contributed by atoms with Crippen molar-refractivity contribution in [1.82, 2.24) is 14.8 Å². The summed E-state index contributed by atoms with van der Waals surface area (Å²) in [7, 11) is 1.56. The summed E-state index contributed by atoms with van der Waals surface area (Å²) in [5.74, 6) is 0.501. The Kier molecular flexibility index (Phi) is 4.93. The number of rotatable bonds is 7. The normalized spacial score (nSPS) is 11.8. The van der Waals surface area contributed by atoms with Crippen molar-refractivity contribution in [3.05, 3.63) is 30.0 Å². The van der Waals surface area contributed by atoms with Crippen molar-refractivity contribution in [3.63, 3.8) is 0 Å². The van der Waals surface area contributed by atoms with Gasteiger partial charge >= 0.3 is 0 Å². The zero-order chi connectivity index (χ0) is 16.9. The first-order valence-corrected chi connectivity index (χ1v) is 8.34. The molecule has 6 nitrogen and oxygen atoms in total. The minimum Gasteiger partial charge on any atom is -0.399 e. The number of nitrogen functional groups attached to an aromatic ring is 1. The first-order chi connectivity index (χ1) is 11.8. The second kappa shape index (κ2) is 7.29. The molecule has 2 N–H and O–H groups in total. The van der Waals surface area contributed by atoms with Crippen LogP contribution >= 0.6 is 0 Å². The third-order valence-corrected chi connectivity index (χ3v) is 4.08. The minimum absolute atomic E-state index is 0.501. The van der Waals surface area contributed by atoms with Crippen molar-refractivity contribution < 1.29 is 4.84 Å². The van der Waals surface area contributed by atoms with E-state index in [4.69, 9.17) is 15.7 Å². The Labute approximate surface area is 141 Å². The standard InChI is InChI=1S/C18H23N5O/c1-3-12-23-15(10-6-7-11-20-24-2)16-13-8-4-5-9-14(13)21-18(19)17(16)22-23/h4-5,8-9,11H,3,6-7,10,12H2,1-2H3,(H2,19,21)/b20-11+. The van der Waals surface area contributed by atoms with E-state index in [-0.39, 0.29) is 0 Å². The van der Waals surface area contributed by atoms with Gasteiger partial charge in [0.2, 0.25) is 0 Å². The first-order valence-electron chi connectivity index (χ1n) is 8.34. The predicted molar refractivity (Wildman–Crippen MR) is 98.2 cm³/mol. The fourth-order valence-electron chi connectivity index (χ4n) is 3.06. The average molecular weight is 325 g/mol. The van der Waals surface area contributed by atoms with Crippen LogP contribution in [0.1, 0.15) is 31.9 Å². The number of oxime groups is 1. The molecule has 0 spiro atoms. The molecular formula is C18H23N5O. The second-order valence-corrected chi connectivity index (χ2v) is 5.77. The fourth-order valence-corrected chi connectivity index (χ4v) is 3.06. The number of nitrogens with zero attached hydrogens (tertiary/aromatic N) is 4. The van der Waals surface area contributed by atoms with Crippen LogP contribution in [0, 0.1) is 0 Å². The van der Waals surface area contributed by atoms with Crippen molar-refractivity contribution in [2.24, 2.45) is 5.16 Å². The number of benzene rings is 1. The zero-order valence-corrected chi connectivity index (χ0v) is 14.2. The van der Waals surface area contributed by atoms with E-state index in [1.807, 2.05) is 18.2 Å². The van der Waals surface area contributed by atoms with Gasteiger partial charge in [-0.05, 0) is 31.7 Å². The topological polar surface area (TPSA) is 78.3 Å². The molecule has 0 atom stereocenters. The summed E-state index contributed by atoms with van der Waals surface area (Å²) in [6.07, 6.45) is 5.59. The van der Waals surface area contributed by atoms with Gasteiger partial charge in [-0.15, -0.1) is 0 Å². The summed E-state index contributed by atoms with van der Waals surface area (Å²) in [5, 5.41) is 10.8. The van der Waals surface area contributed by atoms with Crippen molar-refractivity contribution in [3.8, 4) is 0 Å². The van der Waals surface area contributed by atoms with Gasteiger partial charge < -0.3 is 10.6 Å². The molecule has 0 amide bonds. The van der Waals surface area contributed by atoms with E-state index in [1.165, 1.54) is 5.69 Å². The van der Waals surface area contributed by atoms with E-state index in [9.17, 15) is 0 Å². The molecule has 1 aromatic carbocycles. The van der Waals surface area contributed by atoms with Gasteiger partial charge in [0, 0.05) is 29.2 Å². The molecule has 0 saturated heterocycles. The highest BCUT2D eigenvalue weighted by Crippen LogP contribution is 2.31. The van der Waals surface area contributed by atoms with Crippen LogP contribution in [0.4, 0.5) is 5.82 Å². The van der Waals surface area contributed by atoms with Crippen LogP contribution in [0.15, 0.2) is 29.4 Å². The first kappa shape index (κ1) is 16.2. The maximum Gasteiger partial charge on any atom is 0.152 e. The summed E-state index contributed by atoms with van der Waals surface area (Å²) in [6, 6.07) is 8.11. The third-order valence-electron chi connectivity index (χ3n) is 4.08. The summed E-state index contributed by atoms with van der Waals surface area (Å²) in [6.45, 7) is 3.03. The van der Waals surface area contributed by atoms with Gasteiger partial charge in [0.15, 0.2) is 5.82 Å². The molecular weight excluding hydrogens is 302 g/mol. The van der Waals surface area contributed by atoms with Gasteiger partial charge in [-0.2, -0.15) is 5.10 Å². The minimum atomic E-state index is 0.501. The molecule has 0 unspecified atom stereocenters. The molecule has 0 bridgehead atoms. The van der Waals surface area contributed by atoms with Crippen molar-refractivity contribution in [1.29, 1.82) is 0 Å². The number of hydrogen-bond acceptors (Lipinski definition) is 5. The van der Waals surface area contributed by atoms with Gasteiger partial charge in [0.25, 0.3) is 0 Å².